The van der Waals surface area contributed by atoms with Gasteiger partial charge >= 0.3 is 0 Å². The Kier molecular flexibility index (Phi) is 4.59. The van der Waals surface area contributed by atoms with Gasteiger partial charge in [0, 0.05) is 18.6 Å². The molecule has 104 valence electrons. The van der Waals surface area contributed by atoms with Crippen molar-refractivity contribution in [2.75, 3.05) is 6.54 Å². The molecule has 0 bridgehead atoms. The Morgan fingerprint density at radius 2 is 1.94 bits per heavy atom. The summed E-state index contributed by atoms with van der Waals surface area (Å²) in [6.07, 6.45) is 5.42. The van der Waals surface area contributed by atoms with Gasteiger partial charge in [-0.15, -0.1) is 0 Å². The number of carbonyl (C=O) groups excluding carboxylic acids is 1. The summed E-state index contributed by atoms with van der Waals surface area (Å²) in [6.45, 7) is 5.51. The van der Waals surface area contributed by atoms with Gasteiger partial charge in [-0.25, -0.2) is 5.84 Å². The highest BCUT2D eigenvalue weighted by Gasteiger charge is 2.34. The highest BCUT2D eigenvalue weighted by Crippen LogP contribution is 2.26. The average Bonchev–Trinajstić information content (AvgIpc) is 2.81. The van der Waals surface area contributed by atoms with Crippen molar-refractivity contribution in [1.82, 2.24) is 10.3 Å². The van der Waals surface area contributed by atoms with E-state index in [0.717, 1.165) is 19.4 Å². The van der Waals surface area contributed by atoms with E-state index in [1.165, 1.54) is 19.3 Å². The molecule has 5 nitrogen and oxygen atoms in total. The average molecular weight is 255 g/mol. The monoisotopic (exact) mass is 255 g/mol. The van der Waals surface area contributed by atoms with Gasteiger partial charge in [0.25, 0.3) is 5.91 Å². The SMILES string of the molecule is CC1CCCC(C)N1CC1CCC(C(=O)NN)O1. The number of nitrogens with two attached hydrogens (primary N) is 1. The van der Waals surface area contributed by atoms with Crippen molar-refractivity contribution in [3.8, 4) is 0 Å². The molecule has 4 unspecified atom stereocenters. The lowest BCUT2D eigenvalue weighted by Crippen LogP contribution is -2.47. The van der Waals surface area contributed by atoms with Gasteiger partial charge in [0.2, 0.25) is 0 Å². The minimum atomic E-state index is -0.351. The third-order valence-corrected chi connectivity index (χ3v) is 4.33. The molecule has 3 N–H and O–H groups in total. The zero-order valence-corrected chi connectivity index (χ0v) is 11.4. The molecule has 5 heteroatoms. The summed E-state index contributed by atoms with van der Waals surface area (Å²) in [5, 5.41) is 0. The number of piperidine rings is 1. The fourth-order valence-electron chi connectivity index (χ4n) is 3.20. The Morgan fingerprint density at radius 3 is 2.56 bits per heavy atom. The van der Waals surface area contributed by atoms with Crippen molar-refractivity contribution in [2.45, 2.75) is 70.2 Å². The van der Waals surface area contributed by atoms with Gasteiger partial charge in [0.05, 0.1) is 6.10 Å². The van der Waals surface area contributed by atoms with E-state index in [-0.39, 0.29) is 18.1 Å². The molecular weight excluding hydrogens is 230 g/mol. The quantitative estimate of drug-likeness (QED) is 0.444. The minimum absolute atomic E-state index is 0.176. The molecule has 0 aliphatic carbocycles. The molecule has 0 aromatic carbocycles. The standard InChI is InChI=1S/C13H25N3O2/c1-9-4-3-5-10(2)16(9)8-11-6-7-12(18-11)13(17)15-14/h9-12H,3-8,14H2,1-2H3,(H,15,17). The van der Waals surface area contributed by atoms with Crippen molar-refractivity contribution >= 4 is 5.91 Å². The van der Waals surface area contributed by atoms with Crippen molar-refractivity contribution in [3.63, 3.8) is 0 Å². The van der Waals surface area contributed by atoms with Crippen molar-refractivity contribution in [1.29, 1.82) is 0 Å². The lowest BCUT2D eigenvalue weighted by molar-refractivity contribution is -0.132. The second-order valence-corrected chi connectivity index (χ2v) is 5.66. The summed E-state index contributed by atoms with van der Waals surface area (Å²) in [7, 11) is 0. The molecule has 0 saturated carbocycles. The molecule has 2 aliphatic heterocycles. The van der Waals surface area contributed by atoms with E-state index in [2.05, 4.69) is 24.2 Å². The molecular formula is C13H25N3O2. The number of hydrogen-bond donors (Lipinski definition) is 2. The van der Waals surface area contributed by atoms with Gasteiger partial charge < -0.3 is 4.74 Å². The number of rotatable bonds is 3. The Morgan fingerprint density at radius 1 is 1.28 bits per heavy atom. The molecule has 0 aromatic rings. The van der Waals surface area contributed by atoms with Crippen LogP contribution in [0.25, 0.3) is 0 Å². The van der Waals surface area contributed by atoms with Crippen LogP contribution in [-0.2, 0) is 9.53 Å². The molecule has 2 fully saturated rings. The molecule has 18 heavy (non-hydrogen) atoms. The summed E-state index contributed by atoms with van der Waals surface area (Å²) < 4.78 is 5.78. The van der Waals surface area contributed by atoms with Crippen LogP contribution in [0.4, 0.5) is 0 Å². The smallest absolute Gasteiger partial charge is 0.263 e. The van der Waals surface area contributed by atoms with Crippen LogP contribution in [0.5, 0.6) is 0 Å². The van der Waals surface area contributed by atoms with Gasteiger partial charge in [0.15, 0.2) is 0 Å². The molecule has 0 spiro atoms. The lowest BCUT2D eigenvalue weighted by Gasteiger charge is -2.40. The third-order valence-electron chi connectivity index (χ3n) is 4.33. The Balaban J connectivity index is 1.85. The second kappa shape index (κ2) is 5.99. The first-order valence-corrected chi connectivity index (χ1v) is 7.03. The molecule has 4 atom stereocenters. The first-order valence-electron chi connectivity index (χ1n) is 7.03. The number of likely N-dealkylation sites (tertiary alicyclic amines) is 1. The van der Waals surface area contributed by atoms with Crippen LogP contribution in [0.15, 0.2) is 0 Å². The van der Waals surface area contributed by atoms with Crippen LogP contribution in [0, 0.1) is 0 Å². The van der Waals surface area contributed by atoms with Gasteiger partial charge in [-0.05, 0) is 39.5 Å². The Labute approximate surface area is 109 Å². The van der Waals surface area contributed by atoms with Gasteiger partial charge in [0.1, 0.15) is 6.10 Å². The zero-order chi connectivity index (χ0) is 13.1. The van der Waals surface area contributed by atoms with E-state index in [1.54, 1.807) is 0 Å². The zero-order valence-electron chi connectivity index (χ0n) is 11.4. The van der Waals surface area contributed by atoms with Crippen molar-refractivity contribution in [2.24, 2.45) is 5.84 Å². The third kappa shape index (κ3) is 3.02. The van der Waals surface area contributed by atoms with Crippen LogP contribution in [-0.4, -0.2) is 41.6 Å². The Bertz CT molecular complexity index is 288. The van der Waals surface area contributed by atoms with Crippen molar-refractivity contribution < 1.29 is 9.53 Å². The first kappa shape index (κ1) is 13.8. The first-order chi connectivity index (χ1) is 8.61. The maximum absolute atomic E-state index is 11.4. The molecule has 1 amide bonds. The van der Waals surface area contributed by atoms with Crippen molar-refractivity contribution in [3.05, 3.63) is 0 Å². The highest BCUT2D eigenvalue weighted by atomic mass is 16.5. The largest absolute Gasteiger partial charge is 0.364 e. The van der Waals surface area contributed by atoms with Crippen LogP contribution in [0.2, 0.25) is 0 Å². The Hall–Kier alpha value is -0.650. The lowest BCUT2D eigenvalue weighted by atomic mass is 9.97. The molecule has 2 rings (SSSR count). The predicted molar refractivity (Wildman–Crippen MR) is 69.7 cm³/mol. The highest BCUT2D eigenvalue weighted by molar-refractivity contribution is 5.80. The molecule has 2 aliphatic rings. The van der Waals surface area contributed by atoms with E-state index in [9.17, 15) is 4.79 Å². The predicted octanol–water partition coefficient (Wildman–Crippen LogP) is 0.787. The normalized spacial score (nSPS) is 37.7. The molecule has 2 saturated heterocycles. The van der Waals surface area contributed by atoms with E-state index in [1.807, 2.05) is 0 Å². The topological polar surface area (TPSA) is 67.6 Å². The van der Waals surface area contributed by atoms with Crippen LogP contribution in [0.3, 0.4) is 0 Å². The number of nitrogens with one attached hydrogen (secondary N) is 1. The number of amides is 1. The summed E-state index contributed by atoms with van der Waals surface area (Å²) in [5.41, 5.74) is 2.17. The maximum atomic E-state index is 11.4. The van der Waals surface area contributed by atoms with Gasteiger partial charge in [-0.3, -0.25) is 15.1 Å². The number of hydrazine groups is 1. The van der Waals surface area contributed by atoms with E-state index < -0.39 is 0 Å². The fraction of sp³-hybridized carbons (Fsp3) is 0.923. The maximum Gasteiger partial charge on any atom is 0.263 e. The van der Waals surface area contributed by atoms with E-state index in [0.29, 0.717) is 12.1 Å². The number of nitrogens with zero attached hydrogens (tertiary/aromatic N) is 1. The molecule has 2 heterocycles. The fourth-order valence-corrected chi connectivity index (χ4v) is 3.20. The number of carbonyl (C=O) groups is 1. The van der Waals surface area contributed by atoms with Gasteiger partial charge in [-0.2, -0.15) is 0 Å². The summed E-state index contributed by atoms with van der Waals surface area (Å²) >= 11 is 0. The molecule has 0 aromatic heterocycles. The summed E-state index contributed by atoms with van der Waals surface area (Å²) in [5.74, 6) is 4.94. The number of ether oxygens (including phenoxy) is 1. The van der Waals surface area contributed by atoms with Crippen LogP contribution >= 0.6 is 0 Å². The van der Waals surface area contributed by atoms with Gasteiger partial charge in [-0.1, -0.05) is 6.42 Å². The van der Waals surface area contributed by atoms with Crippen LogP contribution in [0.1, 0.15) is 46.0 Å². The second-order valence-electron chi connectivity index (χ2n) is 5.66. The summed E-state index contributed by atoms with van der Waals surface area (Å²) in [6, 6.07) is 1.25. The van der Waals surface area contributed by atoms with Crippen LogP contribution < -0.4 is 11.3 Å². The van der Waals surface area contributed by atoms with E-state index >= 15 is 0 Å². The minimum Gasteiger partial charge on any atom is -0.364 e. The molecule has 0 radical (unpaired) electrons. The summed E-state index contributed by atoms with van der Waals surface area (Å²) in [4.78, 5) is 13.9. The number of hydrogen-bond acceptors (Lipinski definition) is 4. The van der Waals surface area contributed by atoms with E-state index in [4.69, 9.17) is 10.6 Å².